The van der Waals surface area contributed by atoms with Crippen LogP contribution in [0.15, 0.2) is 53.1 Å². The fourth-order valence-corrected chi connectivity index (χ4v) is 3.29. The van der Waals surface area contributed by atoms with Gasteiger partial charge in [0.05, 0.1) is 6.42 Å². The molecule has 0 saturated carbocycles. The Morgan fingerprint density at radius 1 is 1.11 bits per heavy atom. The number of aromatic nitrogens is 2. The highest BCUT2D eigenvalue weighted by molar-refractivity contribution is 6.11. The van der Waals surface area contributed by atoms with Crippen molar-refractivity contribution in [1.29, 1.82) is 0 Å². The summed E-state index contributed by atoms with van der Waals surface area (Å²) in [5, 5.41) is 5.52. The quantitative estimate of drug-likeness (QED) is 0.429. The molecule has 0 bridgehead atoms. The maximum Gasteiger partial charge on any atom is 0.312 e. The first-order chi connectivity index (χ1) is 13.0. The summed E-state index contributed by atoms with van der Waals surface area (Å²) in [6.45, 7) is 3.42. The third-order valence-corrected chi connectivity index (χ3v) is 4.58. The van der Waals surface area contributed by atoms with Crippen molar-refractivity contribution in [3.05, 3.63) is 65.5 Å². The fourth-order valence-electron chi connectivity index (χ4n) is 3.29. The highest BCUT2D eigenvalue weighted by Gasteiger charge is 2.25. The van der Waals surface area contributed by atoms with Crippen LogP contribution in [0.2, 0.25) is 0 Å². The molecule has 0 radical (unpaired) electrons. The van der Waals surface area contributed by atoms with E-state index in [-0.39, 0.29) is 12.2 Å². The number of ether oxygens (including phenoxy) is 1. The standard InChI is InChI=1S/C21H18N2O4/c1-12-20(15-8-3-5-9-16(15)22-12)21(25)13(2)26-19(24)11-17-14-7-4-6-10-18(14)27-23-17/h3-10,13,22H,11H2,1-2H3. The van der Waals surface area contributed by atoms with Gasteiger partial charge in [-0.15, -0.1) is 0 Å². The number of esters is 1. The number of aryl methyl sites for hydroxylation is 1. The largest absolute Gasteiger partial charge is 0.454 e. The molecule has 2 aromatic heterocycles. The van der Waals surface area contributed by atoms with E-state index in [0.717, 1.165) is 22.0 Å². The molecule has 0 saturated heterocycles. The molecule has 2 heterocycles. The van der Waals surface area contributed by atoms with Gasteiger partial charge in [-0.2, -0.15) is 0 Å². The smallest absolute Gasteiger partial charge is 0.312 e. The number of benzene rings is 2. The molecule has 1 atom stereocenters. The number of rotatable bonds is 5. The second-order valence-corrected chi connectivity index (χ2v) is 6.47. The van der Waals surface area contributed by atoms with Crippen molar-refractivity contribution in [3.8, 4) is 0 Å². The predicted octanol–water partition coefficient (Wildman–Crippen LogP) is 3.97. The zero-order chi connectivity index (χ0) is 19.0. The summed E-state index contributed by atoms with van der Waals surface area (Å²) < 4.78 is 10.6. The van der Waals surface area contributed by atoms with Gasteiger partial charge in [0, 0.05) is 27.5 Å². The van der Waals surface area contributed by atoms with Crippen LogP contribution in [0.3, 0.4) is 0 Å². The lowest BCUT2D eigenvalue weighted by Crippen LogP contribution is -2.25. The highest BCUT2D eigenvalue weighted by atomic mass is 16.5. The van der Waals surface area contributed by atoms with Crippen LogP contribution < -0.4 is 0 Å². The molecule has 2 aromatic carbocycles. The molecular weight excluding hydrogens is 344 g/mol. The maximum absolute atomic E-state index is 12.9. The van der Waals surface area contributed by atoms with Crippen molar-refractivity contribution in [2.45, 2.75) is 26.4 Å². The topological polar surface area (TPSA) is 85.2 Å². The summed E-state index contributed by atoms with van der Waals surface area (Å²) in [7, 11) is 0. The molecule has 0 aliphatic heterocycles. The van der Waals surface area contributed by atoms with E-state index in [1.165, 1.54) is 0 Å². The number of aromatic amines is 1. The van der Waals surface area contributed by atoms with Gasteiger partial charge < -0.3 is 14.2 Å². The van der Waals surface area contributed by atoms with Gasteiger partial charge in [-0.05, 0) is 32.0 Å². The van der Waals surface area contributed by atoms with Crippen LogP contribution in [0.4, 0.5) is 0 Å². The van der Waals surface area contributed by atoms with Crippen LogP contribution in [0.5, 0.6) is 0 Å². The molecule has 4 rings (SSSR count). The van der Waals surface area contributed by atoms with Crippen molar-refractivity contribution in [3.63, 3.8) is 0 Å². The summed E-state index contributed by atoms with van der Waals surface area (Å²) in [6.07, 6.45) is -0.949. The van der Waals surface area contributed by atoms with Crippen LogP contribution in [0, 0.1) is 6.92 Å². The van der Waals surface area contributed by atoms with Gasteiger partial charge in [0.15, 0.2) is 11.7 Å². The monoisotopic (exact) mass is 362 g/mol. The van der Waals surface area contributed by atoms with Gasteiger partial charge in [0.2, 0.25) is 5.78 Å². The average Bonchev–Trinajstić information content (AvgIpc) is 3.21. The van der Waals surface area contributed by atoms with E-state index in [0.29, 0.717) is 16.8 Å². The van der Waals surface area contributed by atoms with Gasteiger partial charge in [-0.3, -0.25) is 9.59 Å². The van der Waals surface area contributed by atoms with Crippen molar-refractivity contribution < 1.29 is 18.8 Å². The van der Waals surface area contributed by atoms with E-state index in [9.17, 15) is 9.59 Å². The van der Waals surface area contributed by atoms with Crippen molar-refractivity contribution >= 4 is 33.6 Å². The lowest BCUT2D eigenvalue weighted by atomic mass is 10.0. The van der Waals surface area contributed by atoms with Crippen LogP contribution >= 0.6 is 0 Å². The molecule has 4 aromatic rings. The molecule has 0 spiro atoms. The lowest BCUT2D eigenvalue weighted by Gasteiger charge is -2.12. The SMILES string of the molecule is Cc1[nH]c2ccccc2c1C(=O)C(C)OC(=O)Cc1noc2ccccc12. The molecule has 136 valence electrons. The molecule has 0 aliphatic carbocycles. The number of hydrogen-bond acceptors (Lipinski definition) is 5. The van der Waals surface area contributed by atoms with Gasteiger partial charge in [0.1, 0.15) is 5.69 Å². The van der Waals surface area contributed by atoms with Crippen molar-refractivity contribution in [2.24, 2.45) is 0 Å². The second kappa shape index (κ2) is 6.72. The van der Waals surface area contributed by atoms with Gasteiger partial charge >= 0.3 is 5.97 Å². The number of hydrogen-bond donors (Lipinski definition) is 1. The number of H-pyrrole nitrogens is 1. The van der Waals surface area contributed by atoms with Gasteiger partial charge in [-0.1, -0.05) is 35.5 Å². The highest BCUT2D eigenvalue weighted by Crippen LogP contribution is 2.24. The molecule has 0 fully saturated rings. The van der Waals surface area contributed by atoms with Crippen LogP contribution in [0.25, 0.3) is 21.9 Å². The summed E-state index contributed by atoms with van der Waals surface area (Å²) in [5.41, 5.74) is 3.30. The molecule has 0 amide bonds. The van der Waals surface area contributed by atoms with Crippen LogP contribution in [-0.4, -0.2) is 28.0 Å². The van der Waals surface area contributed by atoms with E-state index < -0.39 is 12.1 Å². The first-order valence-corrected chi connectivity index (χ1v) is 8.69. The minimum Gasteiger partial charge on any atom is -0.454 e. The Bertz CT molecular complexity index is 1160. The van der Waals surface area contributed by atoms with Crippen molar-refractivity contribution in [2.75, 3.05) is 0 Å². The number of ketones is 1. The number of nitrogens with zero attached hydrogens (tertiary/aromatic N) is 1. The minimum atomic E-state index is -0.895. The number of carbonyl (C=O) groups is 2. The number of para-hydroxylation sites is 2. The molecule has 1 N–H and O–H groups in total. The fraction of sp³-hybridized carbons (Fsp3) is 0.190. The Hall–Kier alpha value is -3.41. The normalized spacial score (nSPS) is 12.4. The Morgan fingerprint density at radius 2 is 1.81 bits per heavy atom. The Labute approximate surface area is 155 Å². The number of nitrogens with one attached hydrogen (secondary N) is 1. The number of Topliss-reactive ketones (excluding diaryl/α,β-unsaturated/α-hetero) is 1. The third kappa shape index (κ3) is 3.10. The summed E-state index contributed by atoms with van der Waals surface area (Å²) in [5.74, 6) is -0.754. The minimum absolute atomic E-state index is 0.0541. The third-order valence-electron chi connectivity index (χ3n) is 4.58. The zero-order valence-electron chi connectivity index (χ0n) is 15.0. The van der Waals surface area contributed by atoms with E-state index in [2.05, 4.69) is 10.1 Å². The Morgan fingerprint density at radius 3 is 2.63 bits per heavy atom. The Kier molecular flexibility index (Phi) is 4.24. The summed E-state index contributed by atoms with van der Waals surface area (Å²) in [4.78, 5) is 28.4. The van der Waals surface area contributed by atoms with Crippen LogP contribution in [0.1, 0.15) is 28.7 Å². The second-order valence-electron chi connectivity index (χ2n) is 6.47. The number of carbonyl (C=O) groups excluding carboxylic acids is 2. The van der Waals surface area contributed by atoms with E-state index >= 15 is 0 Å². The molecule has 27 heavy (non-hydrogen) atoms. The first-order valence-electron chi connectivity index (χ1n) is 8.69. The first kappa shape index (κ1) is 17.0. The van der Waals surface area contributed by atoms with Crippen LogP contribution in [-0.2, 0) is 16.0 Å². The van der Waals surface area contributed by atoms with Crippen molar-refractivity contribution in [1.82, 2.24) is 10.1 Å². The van der Waals surface area contributed by atoms with Gasteiger partial charge in [-0.25, -0.2) is 0 Å². The van der Waals surface area contributed by atoms with Gasteiger partial charge in [0.25, 0.3) is 0 Å². The maximum atomic E-state index is 12.9. The van der Waals surface area contributed by atoms with E-state index in [1.54, 1.807) is 13.0 Å². The number of fused-ring (bicyclic) bond motifs is 2. The van der Waals surface area contributed by atoms with E-state index in [1.807, 2.05) is 49.4 Å². The molecule has 0 aliphatic rings. The molecule has 6 nitrogen and oxygen atoms in total. The predicted molar refractivity (Wildman–Crippen MR) is 101 cm³/mol. The lowest BCUT2D eigenvalue weighted by molar-refractivity contribution is -0.145. The van der Waals surface area contributed by atoms with E-state index in [4.69, 9.17) is 9.26 Å². The molecule has 1 unspecified atom stereocenters. The molecule has 6 heteroatoms. The Balaban J connectivity index is 1.51. The average molecular weight is 362 g/mol. The summed E-state index contributed by atoms with van der Waals surface area (Å²) in [6, 6.07) is 14.9. The zero-order valence-corrected chi connectivity index (χ0v) is 15.0. The summed E-state index contributed by atoms with van der Waals surface area (Å²) >= 11 is 0. The molecular formula is C21H18N2O4.